The van der Waals surface area contributed by atoms with E-state index in [2.05, 4.69) is 25.2 Å². The summed E-state index contributed by atoms with van der Waals surface area (Å²) in [6.45, 7) is 6.42. The van der Waals surface area contributed by atoms with Crippen molar-refractivity contribution in [3.05, 3.63) is 23.8 Å². The van der Waals surface area contributed by atoms with Gasteiger partial charge in [-0.1, -0.05) is 12.1 Å². The van der Waals surface area contributed by atoms with E-state index in [1.54, 1.807) is 0 Å². The van der Waals surface area contributed by atoms with Gasteiger partial charge < -0.3 is 19.7 Å². The molecule has 2 amide bonds. The van der Waals surface area contributed by atoms with E-state index in [1.807, 2.05) is 17.0 Å². The first kappa shape index (κ1) is 19.1. The molecule has 6 nitrogen and oxygen atoms in total. The van der Waals surface area contributed by atoms with E-state index < -0.39 is 0 Å². The largest absolute Gasteiger partial charge is 0.488 e. The minimum atomic E-state index is -0.203. The maximum Gasteiger partial charge on any atom is 0.225 e. The smallest absolute Gasteiger partial charge is 0.225 e. The molecule has 1 saturated heterocycles. The highest BCUT2D eigenvalue weighted by Gasteiger charge is 2.36. The molecular weight excluding hydrogens is 356 g/mol. The van der Waals surface area contributed by atoms with Crippen molar-refractivity contribution in [1.29, 1.82) is 0 Å². The summed E-state index contributed by atoms with van der Waals surface area (Å²) in [5, 5.41) is 2.98. The normalized spacial score (nSPS) is 21.0. The van der Waals surface area contributed by atoms with E-state index >= 15 is 0 Å². The average molecular weight is 386 g/mol. The fourth-order valence-electron chi connectivity index (χ4n) is 4.13. The molecule has 2 aliphatic heterocycles. The lowest BCUT2D eigenvalue weighted by Gasteiger charge is -2.31. The van der Waals surface area contributed by atoms with E-state index in [0.29, 0.717) is 26.2 Å². The van der Waals surface area contributed by atoms with Crippen molar-refractivity contribution in [1.82, 2.24) is 10.2 Å². The van der Waals surface area contributed by atoms with Crippen LogP contribution < -0.4 is 14.8 Å². The number of hydrogen-bond acceptors (Lipinski definition) is 4. The van der Waals surface area contributed by atoms with Gasteiger partial charge in [-0.3, -0.25) is 9.59 Å². The molecule has 2 heterocycles. The van der Waals surface area contributed by atoms with Crippen molar-refractivity contribution in [3.8, 4) is 11.5 Å². The molecule has 1 aromatic carbocycles. The molecule has 0 aromatic heterocycles. The standard InChI is InChI=1S/C22H30N2O4/c1-22(2)14-17-4-3-5-18(19(17)28-22)27-13-10-23-20(25)15-8-11-24(12-9-15)21(26)16-6-7-16/h3-5,15-16H,6-14H2,1-2H3,(H,23,25). The van der Waals surface area contributed by atoms with Crippen LogP contribution in [0.3, 0.4) is 0 Å². The summed E-state index contributed by atoms with van der Waals surface area (Å²) in [7, 11) is 0. The van der Waals surface area contributed by atoms with Crippen molar-refractivity contribution in [3.63, 3.8) is 0 Å². The molecule has 1 N–H and O–H groups in total. The number of piperidine rings is 1. The molecule has 2 fully saturated rings. The molecule has 6 heteroatoms. The van der Waals surface area contributed by atoms with E-state index in [4.69, 9.17) is 9.47 Å². The SMILES string of the molecule is CC1(C)Cc2cccc(OCCNC(=O)C3CCN(C(=O)C4CC4)CC3)c2O1. The van der Waals surface area contributed by atoms with Gasteiger partial charge in [-0.25, -0.2) is 0 Å². The molecule has 3 aliphatic rings. The number of nitrogens with one attached hydrogen (secondary N) is 1. The summed E-state index contributed by atoms with van der Waals surface area (Å²) in [6, 6.07) is 5.96. The van der Waals surface area contributed by atoms with Gasteiger partial charge in [0.2, 0.25) is 11.8 Å². The number of ether oxygens (including phenoxy) is 2. The number of likely N-dealkylation sites (tertiary alicyclic amines) is 1. The summed E-state index contributed by atoms with van der Waals surface area (Å²) in [4.78, 5) is 26.4. The molecule has 1 aliphatic carbocycles. The Bertz CT molecular complexity index is 749. The Morgan fingerprint density at radius 3 is 2.64 bits per heavy atom. The van der Waals surface area contributed by atoms with Crippen molar-refractivity contribution in [2.75, 3.05) is 26.2 Å². The topological polar surface area (TPSA) is 67.9 Å². The van der Waals surface area contributed by atoms with Gasteiger partial charge in [0.25, 0.3) is 0 Å². The molecule has 28 heavy (non-hydrogen) atoms. The van der Waals surface area contributed by atoms with E-state index in [1.165, 1.54) is 5.56 Å². The molecule has 1 saturated carbocycles. The highest BCUT2D eigenvalue weighted by Crippen LogP contribution is 2.41. The van der Waals surface area contributed by atoms with Gasteiger partial charge in [0.1, 0.15) is 12.2 Å². The molecule has 0 spiro atoms. The lowest BCUT2D eigenvalue weighted by Crippen LogP contribution is -2.44. The number of benzene rings is 1. The number of rotatable bonds is 6. The van der Waals surface area contributed by atoms with Crippen molar-refractivity contribution in [2.45, 2.75) is 51.6 Å². The Hall–Kier alpha value is -2.24. The van der Waals surface area contributed by atoms with Crippen LogP contribution in [0.4, 0.5) is 0 Å². The lowest BCUT2D eigenvalue weighted by molar-refractivity contribution is -0.136. The second-order valence-corrected chi connectivity index (χ2v) is 8.80. The minimum absolute atomic E-state index is 0.00615. The van der Waals surface area contributed by atoms with Gasteiger partial charge in [-0.2, -0.15) is 0 Å². The van der Waals surface area contributed by atoms with Crippen LogP contribution in [-0.2, 0) is 16.0 Å². The monoisotopic (exact) mass is 386 g/mol. The number of amides is 2. The van der Waals surface area contributed by atoms with Crippen LogP contribution >= 0.6 is 0 Å². The number of fused-ring (bicyclic) bond motifs is 1. The predicted octanol–water partition coefficient (Wildman–Crippen LogP) is 2.54. The Kier molecular flexibility index (Phi) is 5.21. The third kappa shape index (κ3) is 4.26. The third-order valence-electron chi connectivity index (χ3n) is 5.82. The Labute approximate surface area is 166 Å². The van der Waals surface area contributed by atoms with Gasteiger partial charge in [0, 0.05) is 36.9 Å². The maximum absolute atomic E-state index is 12.4. The fourth-order valence-corrected chi connectivity index (χ4v) is 4.13. The summed E-state index contributed by atoms with van der Waals surface area (Å²) in [5.74, 6) is 2.17. The van der Waals surface area contributed by atoms with Crippen LogP contribution in [0.2, 0.25) is 0 Å². The predicted molar refractivity (Wildman–Crippen MR) is 105 cm³/mol. The average Bonchev–Trinajstić information content (AvgIpc) is 3.47. The van der Waals surface area contributed by atoms with E-state index in [-0.39, 0.29) is 29.3 Å². The molecule has 152 valence electrons. The molecule has 0 atom stereocenters. The summed E-state index contributed by atoms with van der Waals surface area (Å²) >= 11 is 0. The summed E-state index contributed by atoms with van der Waals surface area (Å²) in [5.41, 5.74) is 0.963. The number of nitrogens with zero attached hydrogens (tertiary/aromatic N) is 1. The molecule has 0 unspecified atom stereocenters. The summed E-state index contributed by atoms with van der Waals surface area (Å²) in [6.07, 6.45) is 4.44. The van der Waals surface area contributed by atoms with Crippen molar-refractivity contribution >= 4 is 11.8 Å². The van der Waals surface area contributed by atoms with E-state index in [0.717, 1.165) is 43.6 Å². The fraction of sp³-hybridized carbons (Fsp3) is 0.636. The highest BCUT2D eigenvalue weighted by atomic mass is 16.5. The lowest BCUT2D eigenvalue weighted by atomic mass is 9.95. The Balaban J connectivity index is 1.19. The zero-order valence-electron chi connectivity index (χ0n) is 16.8. The van der Waals surface area contributed by atoms with Crippen LogP contribution in [-0.4, -0.2) is 48.6 Å². The second-order valence-electron chi connectivity index (χ2n) is 8.80. The van der Waals surface area contributed by atoms with Crippen LogP contribution in [0.1, 0.15) is 45.1 Å². The van der Waals surface area contributed by atoms with Gasteiger partial charge in [-0.15, -0.1) is 0 Å². The Morgan fingerprint density at radius 1 is 1.18 bits per heavy atom. The number of hydrogen-bond donors (Lipinski definition) is 1. The number of carbonyl (C=O) groups is 2. The minimum Gasteiger partial charge on any atom is -0.488 e. The molecule has 1 aromatic rings. The zero-order chi connectivity index (χ0) is 19.7. The number of carbonyl (C=O) groups excluding carboxylic acids is 2. The first-order valence-corrected chi connectivity index (χ1v) is 10.4. The van der Waals surface area contributed by atoms with Crippen LogP contribution in [0, 0.1) is 11.8 Å². The van der Waals surface area contributed by atoms with Gasteiger partial charge >= 0.3 is 0 Å². The van der Waals surface area contributed by atoms with Gasteiger partial charge in [-0.05, 0) is 45.6 Å². The van der Waals surface area contributed by atoms with Crippen LogP contribution in [0.15, 0.2) is 18.2 Å². The molecule has 0 bridgehead atoms. The van der Waals surface area contributed by atoms with Gasteiger partial charge in [0.15, 0.2) is 11.5 Å². The molecule has 4 rings (SSSR count). The maximum atomic E-state index is 12.4. The van der Waals surface area contributed by atoms with E-state index in [9.17, 15) is 9.59 Å². The first-order chi connectivity index (χ1) is 13.4. The molecule has 0 radical (unpaired) electrons. The van der Waals surface area contributed by atoms with Crippen molar-refractivity contribution in [2.24, 2.45) is 11.8 Å². The first-order valence-electron chi connectivity index (χ1n) is 10.4. The third-order valence-corrected chi connectivity index (χ3v) is 5.82. The van der Waals surface area contributed by atoms with Crippen molar-refractivity contribution < 1.29 is 19.1 Å². The highest BCUT2D eigenvalue weighted by molar-refractivity contribution is 5.82. The number of para-hydroxylation sites is 1. The zero-order valence-corrected chi connectivity index (χ0v) is 16.8. The summed E-state index contributed by atoms with van der Waals surface area (Å²) < 4.78 is 11.9. The quantitative estimate of drug-likeness (QED) is 0.763. The van der Waals surface area contributed by atoms with Crippen LogP contribution in [0.25, 0.3) is 0 Å². The van der Waals surface area contributed by atoms with Gasteiger partial charge in [0.05, 0.1) is 6.54 Å². The van der Waals surface area contributed by atoms with Crippen LogP contribution in [0.5, 0.6) is 11.5 Å². The molecular formula is C22H30N2O4. The second kappa shape index (κ2) is 7.64. The Morgan fingerprint density at radius 2 is 1.93 bits per heavy atom.